The lowest BCUT2D eigenvalue weighted by Crippen LogP contribution is -2.48. The topological polar surface area (TPSA) is 116 Å². The summed E-state index contributed by atoms with van der Waals surface area (Å²) in [5, 5.41) is -0.608. The van der Waals surface area contributed by atoms with Gasteiger partial charge in [0.25, 0.3) is 0 Å². The largest absolute Gasteiger partial charge is 0.326 e. The zero-order valence-corrected chi connectivity index (χ0v) is 20.2. The Balaban J connectivity index is 1.59. The molecule has 4 atom stereocenters. The first-order valence-corrected chi connectivity index (χ1v) is 13.2. The van der Waals surface area contributed by atoms with Crippen LogP contribution in [-0.2, 0) is 16.3 Å². The molecule has 2 N–H and O–H groups in total. The number of hydrogen-bond acceptors (Lipinski definition) is 7. The maximum atomic E-state index is 14.2. The fourth-order valence-electron chi connectivity index (χ4n) is 5.15. The van der Waals surface area contributed by atoms with Crippen molar-refractivity contribution in [3.8, 4) is 11.4 Å². The summed E-state index contributed by atoms with van der Waals surface area (Å²) < 4.78 is 52.8. The smallest absolute Gasteiger partial charge is 0.185 e. The van der Waals surface area contributed by atoms with Crippen molar-refractivity contribution in [2.24, 2.45) is 11.7 Å². The first-order chi connectivity index (χ1) is 16.6. The molecule has 1 saturated carbocycles. The highest BCUT2D eigenvalue weighted by atomic mass is 32.2. The van der Waals surface area contributed by atoms with E-state index >= 15 is 0 Å². The molecule has 2 aromatic heterocycles. The van der Waals surface area contributed by atoms with Gasteiger partial charge in [-0.05, 0) is 60.1 Å². The Morgan fingerprint density at radius 3 is 2.49 bits per heavy atom. The molecule has 0 radical (unpaired) electrons. The predicted molar refractivity (Wildman–Crippen MR) is 127 cm³/mol. The molecule has 184 valence electrons. The van der Waals surface area contributed by atoms with Crippen LogP contribution >= 0.6 is 0 Å². The number of carbonyl (C=O) groups is 1. The molecule has 0 amide bonds. The molecule has 10 heteroatoms. The van der Waals surface area contributed by atoms with Crippen molar-refractivity contribution in [1.29, 1.82) is 0 Å². The normalized spacial score (nSPS) is 22.7. The Kier molecular flexibility index (Phi) is 7.05. The van der Waals surface area contributed by atoms with Crippen molar-refractivity contribution in [2.75, 3.05) is 6.26 Å². The van der Waals surface area contributed by atoms with Crippen LogP contribution in [0.2, 0.25) is 0 Å². The lowest BCUT2D eigenvalue weighted by atomic mass is 9.75. The summed E-state index contributed by atoms with van der Waals surface area (Å²) in [6.07, 6.45) is 6.79. The number of aromatic nitrogens is 3. The maximum Gasteiger partial charge on any atom is 0.185 e. The third-order valence-electron chi connectivity index (χ3n) is 6.55. The van der Waals surface area contributed by atoms with E-state index in [-0.39, 0.29) is 35.6 Å². The van der Waals surface area contributed by atoms with Crippen LogP contribution in [0.5, 0.6) is 0 Å². The molecule has 0 spiro atoms. The van der Waals surface area contributed by atoms with Gasteiger partial charge >= 0.3 is 0 Å². The van der Waals surface area contributed by atoms with E-state index in [1.54, 1.807) is 12.4 Å². The number of sulfone groups is 1. The Morgan fingerprint density at radius 2 is 1.83 bits per heavy atom. The van der Waals surface area contributed by atoms with Crippen molar-refractivity contribution in [2.45, 2.75) is 43.4 Å². The molecule has 7 nitrogen and oxygen atoms in total. The van der Waals surface area contributed by atoms with Crippen molar-refractivity contribution >= 4 is 15.6 Å². The third kappa shape index (κ3) is 5.28. The van der Waals surface area contributed by atoms with Gasteiger partial charge in [-0.15, -0.1) is 0 Å². The monoisotopic (exact) mass is 500 g/mol. The fraction of sp³-hybridized carbons (Fsp3) is 0.360. The Hall–Kier alpha value is -3.11. The second-order valence-electron chi connectivity index (χ2n) is 9.14. The average molecular weight is 501 g/mol. The molecule has 3 aromatic rings. The number of ketones is 1. The summed E-state index contributed by atoms with van der Waals surface area (Å²) in [7, 11) is -3.29. The van der Waals surface area contributed by atoms with Crippen molar-refractivity contribution in [3.63, 3.8) is 0 Å². The summed E-state index contributed by atoms with van der Waals surface area (Å²) >= 11 is 0. The van der Waals surface area contributed by atoms with Gasteiger partial charge in [0.1, 0.15) is 17.3 Å². The highest BCUT2D eigenvalue weighted by molar-refractivity contribution is 7.91. The molecular weight excluding hydrogens is 474 g/mol. The van der Waals surface area contributed by atoms with Crippen LogP contribution in [0.1, 0.15) is 47.3 Å². The molecule has 0 unspecified atom stereocenters. The Morgan fingerprint density at radius 1 is 1.11 bits per heavy atom. The number of nitrogens with two attached hydrogens (primary N) is 1. The number of Topliss-reactive ketones (excluding diaryl/α,β-unsaturated/α-hetero) is 1. The second kappa shape index (κ2) is 9.87. The first-order valence-electron chi connectivity index (χ1n) is 11.2. The van der Waals surface area contributed by atoms with Gasteiger partial charge in [-0.2, -0.15) is 0 Å². The summed E-state index contributed by atoms with van der Waals surface area (Å²) in [5.74, 6) is -2.38. The number of carbonyl (C=O) groups excluding carboxylic acids is 1. The van der Waals surface area contributed by atoms with E-state index in [1.807, 2.05) is 13.0 Å². The van der Waals surface area contributed by atoms with Gasteiger partial charge in [0.15, 0.2) is 21.4 Å². The molecule has 1 aliphatic rings. The minimum Gasteiger partial charge on any atom is -0.326 e. The molecule has 2 heterocycles. The van der Waals surface area contributed by atoms with E-state index < -0.39 is 38.3 Å². The number of pyridine rings is 1. The highest BCUT2D eigenvalue weighted by Gasteiger charge is 2.40. The number of halogens is 2. The van der Waals surface area contributed by atoms with E-state index in [1.165, 1.54) is 24.6 Å². The van der Waals surface area contributed by atoms with E-state index in [0.29, 0.717) is 18.4 Å². The molecule has 1 fully saturated rings. The summed E-state index contributed by atoms with van der Waals surface area (Å²) in [4.78, 5) is 25.3. The van der Waals surface area contributed by atoms with Gasteiger partial charge in [-0.1, -0.05) is 13.0 Å². The molecular formula is C25H26F2N4O3S. The second-order valence-corrected chi connectivity index (χ2v) is 11.3. The van der Waals surface area contributed by atoms with Crippen LogP contribution in [0, 0.1) is 17.6 Å². The van der Waals surface area contributed by atoms with Crippen LogP contribution in [0.25, 0.3) is 11.4 Å². The van der Waals surface area contributed by atoms with Crippen LogP contribution in [0.4, 0.5) is 8.78 Å². The lowest BCUT2D eigenvalue weighted by Gasteiger charge is -2.38. The number of rotatable bonds is 6. The lowest BCUT2D eigenvalue weighted by molar-refractivity contribution is 0.0987. The van der Waals surface area contributed by atoms with Gasteiger partial charge < -0.3 is 5.73 Å². The van der Waals surface area contributed by atoms with Gasteiger partial charge in [-0.25, -0.2) is 27.2 Å². The summed E-state index contributed by atoms with van der Waals surface area (Å²) in [6, 6.07) is 6.15. The minimum absolute atomic E-state index is 0.0262. The fourth-order valence-corrected chi connectivity index (χ4v) is 6.85. The third-order valence-corrected chi connectivity index (χ3v) is 8.35. The van der Waals surface area contributed by atoms with Gasteiger partial charge in [0, 0.05) is 37.3 Å². The van der Waals surface area contributed by atoms with Crippen LogP contribution in [0.3, 0.4) is 0 Å². The first kappa shape index (κ1) is 25.0. The zero-order chi connectivity index (χ0) is 25.3. The average Bonchev–Trinajstić information content (AvgIpc) is 2.78. The molecule has 0 bridgehead atoms. The van der Waals surface area contributed by atoms with Crippen molar-refractivity contribution < 1.29 is 22.0 Å². The molecule has 4 rings (SSSR count). The SMILES string of the molecule is C[C@H]1C[C@@H](c2ccncc2CC(=O)c2ccnc(-c3c(F)cccc3F)n2)C[C@@H](N)[C@H]1S(C)(=O)=O. The van der Waals surface area contributed by atoms with Crippen LogP contribution in [-0.4, -0.2) is 46.7 Å². The summed E-state index contributed by atoms with van der Waals surface area (Å²) in [6.45, 7) is 1.88. The molecule has 1 aromatic carbocycles. The summed E-state index contributed by atoms with van der Waals surface area (Å²) in [5.41, 5.74) is 7.48. The molecule has 1 aliphatic carbocycles. The Bertz CT molecular complexity index is 1330. The number of nitrogens with zero attached hydrogens (tertiary/aromatic N) is 3. The van der Waals surface area contributed by atoms with E-state index in [4.69, 9.17) is 5.73 Å². The minimum atomic E-state index is -3.29. The standard InChI is InChI=1S/C25H26F2N4O3S/c1-14-10-15(11-20(28)24(14)35(2,33)34)17-6-8-29-13-16(17)12-22(32)21-7-9-30-25(31-21)23-18(26)4-3-5-19(23)27/h3-9,13-15,20,24H,10-12,28H2,1-2H3/t14-,15+,20+,24-/m0/s1. The quantitative estimate of drug-likeness (QED) is 0.515. The highest BCUT2D eigenvalue weighted by Crippen LogP contribution is 2.39. The van der Waals surface area contributed by atoms with Crippen LogP contribution in [0.15, 0.2) is 48.9 Å². The molecule has 0 saturated heterocycles. The van der Waals surface area contributed by atoms with Gasteiger partial charge in [-0.3, -0.25) is 9.78 Å². The zero-order valence-electron chi connectivity index (χ0n) is 19.4. The molecule has 0 aliphatic heterocycles. The van der Waals surface area contributed by atoms with E-state index in [9.17, 15) is 22.0 Å². The maximum absolute atomic E-state index is 14.2. The Labute approximate surface area is 202 Å². The number of hydrogen-bond donors (Lipinski definition) is 1. The van der Waals surface area contributed by atoms with Gasteiger partial charge in [0.05, 0.1) is 10.8 Å². The van der Waals surface area contributed by atoms with Crippen molar-refractivity contribution in [3.05, 3.63) is 77.4 Å². The van der Waals surface area contributed by atoms with E-state index in [2.05, 4.69) is 15.0 Å². The molecule has 35 heavy (non-hydrogen) atoms. The predicted octanol–water partition coefficient (Wildman–Crippen LogP) is 3.50. The van der Waals surface area contributed by atoms with E-state index in [0.717, 1.165) is 17.7 Å². The van der Waals surface area contributed by atoms with Crippen LogP contribution < -0.4 is 5.73 Å². The van der Waals surface area contributed by atoms with Gasteiger partial charge in [0.2, 0.25) is 0 Å². The number of benzene rings is 1. The van der Waals surface area contributed by atoms with Crippen molar-refractivity contribution in [1.82, 2.24) is 15.0 Å².